The largest absolute Gasteiger partial charge is 0.299 e. The molecule has 17 heavy (non-hydrogen) atoms. The molecule has 2 rings (SSSR count). The molecule has 0 radical (unpaired) electrons. The number of thiophene rings is 1. The second-order valence-electron chi connectivity index (χ2n) is 4.50. The van der Waals surface area contributed by atoms with Crippen molar-refractivity contribution in [3.05, 3.63) is 21.4 Å². The highest BCUT2D eigenvalue weighted by Crippen LogP contribution is 2.24. The minimum atomic E-state index is -0.192. The first kappa shape index (κ1) is 12.5. The molecule has 1 aliphatic rings. The van der Waals surface area contributed by atoms with Crippen LogP contribution in [0.15, 0.2) is 6.07 Å². The molecule has 0 unspecified atom stereocenters. The normalized spacial score (nSPS) is 17.1. The number of nitrogens with one attached hydrogen (secondary N) is 1. The molecule has 2 heterocycles. The standard InChI is InChI=1S/C12H19N3OS/c1-9-10(7-11(17-9)12(16)14-13)8-15-5-3-2-4-6-15/h7H,2-6,8,13H2,1H3,(H,14,16). The summed E-state index contributed by atoms with van der Waals surface area (Å²) in [5, 5.41) is 0. The van der Waals surface area contributed by atoms with E-state index >= 15 is 0 Å². The second-order valence-corrected chi connectivity index (χ2v) is 5.76. The molecule has 0 aromatic carbocycles. The third-order valence-corrected chi connectivity index (χ3v) is 4.31. The van der Waals surface area contributed by atoms with Gasteiger partial charge in [0.2, 0.25) is 0 Å². The Morgan fingerprint density at radius 3 is 2.82 bits per heavy atom. The number of hydrazine groups is 1. The molecule has 0 bridgehead atoms. The number of hydrogen-bond donors (Lipinski definition) is 2. The Morgan fingerprint density at radius 1 is 1.47 bits per heavy atom. The smallest absolute Gasteiger partial charge is 0.275 e. The van der Waals surface area contributed by atoms with Crippen molar-refractivity contribution < 1.29 is 4.79 Å². The summed E-state index contributed by atoms with van der Waals surface area (Å²) in [5.74, 6) is 4.95. The highest BCUT2D eigenvalue weighted by molar-refractivity contribution is 7.14. The number of piperidine rings is 1. The first-order valence-corrected chi connectivity index (χ1v) is 6.85. The Hall–Kier alpha value is -0.910. The van der Waals surface area contributed by atoms with Crippen LogP contribution in [-0.2, 0) is 6.54 Å². The van der Waals surface area contributed by atoms with Crippen LogP contribution in [0.1, 0.15) is 39.4 Å². The van der Waals surface area contributed by atoms with Gasteiger partial charge >= 0.3 is 0 Å². The third-order valence-electron chi connectivity index (χ3n) is 3.22. The fourth-order valence-electron chi connectivity index (χ4n) is 2.22. The molecule has 4 nitrogen and oxygen atoms in total. The van der Waals surface area contributed by atoms with Crippen molar-refractivity contribution in [3.63, 3.8) is 0 Å². The van der Waals surface area contributed by atoms with Crippen LogP contribution >= 0.6 is 11.3 Å². The number of nitrogens with two attached hydrogens (primary N) is 1. The summed E-state index contributed by atoms with van der Waals surface area (Å²) < 4.78 is 0. The maximum absolute atomic E-state index is 11.4. The number of rotatable bonds is 3. The van der Waals surface area contributed by atoms with Gasteiger partial charge in [0.05, 0.1) is 4.88 Å². The van der Waals surface area contributed by atoms with Crippen LogP contribution in [0.2, 0.25) is 0 Å². The fraction of sp³-hybridized carbons (Fsp3) is 0.583. The molecule has 0 spiro atoms. The van der Waals surface area contributed by atoms with Crippen molar-refractivity contribution in [3.8, 4) is 0 Å². The SMILES string of the molecule is Cc1sc(C(=O)NN)cc1CN1CCCCC1. The summed E-state index contributed by atoms with van der Waals surface area (Å²) in [6, 6.07) is 1.97. The molecule has 5 heteroatoms. The van der Waals surface area contributed by atoms with E-state index in [0.717, 1.165) is 6.54 Å². The Morgan fingerprint density at radius 2 is 2.18 bits per heavy atom. The summed E-state index contributed by atoms with van der Waals surface area (Å²) in [5.41, 5.74) is 3.44. The number of nitrogens with zero attached hydrogens (tertiary/aromatic N) is 1. The van der Waals surface area contributed by atoms with E-state index in [2.05, 4.69) is 17.2 Å². The van der Waals surface area contributed by atoms with Crippen LogP contribution in [0, 0.1) is 6.92 Å². The van der Waals surface area contributed by atoms with Gasteiger partial charge in [-0.15, -0.1) is 11.3 Å². The number of likely N-dealkylation sites (tertiary alicyclic amines) is 1. The van der Waals surface area contributed by atoms with E-state index < -0.39 is 0 Å². The van der Waals surface area contributed by atoms with Crippen molar-refractivity contribution in [2.75, 3.05) is 13.1 Å². The van der Waals surface area contributed by atoms with Gasteiger partial charge in [-0.05, 0) is 44.5 Å². The van der Waals surface area contributed by atoms with E-state index in [9.17, 15) is 4.79 Å². The summed E-state index contributed by atoms with van der Waals surface area (Å²) in [6.07, 6.45) is 3.93. The quantitative estimate of drug-likeness (QED) is 0.489. The molecule has 1 saturated heterocycles. The summed E-state index contributed by atoms with van der Waals surface area (Å²) in [6.45, 7) is 5.37. The molecule has 0 saturated carbocycles. The van der Waals surface area contributed by atoms with Crippen LogP contribution in [0.5, 0.6) is 0 Å². The van der Waals surface area contributed by atoms with Gasteiger partial charge in [-0.1, -0.05) is 6.42 Å². The molecule has 1 aromatic rings. The van der Waals surface area contributed by atoms with E-state index in [1.54, 1.807) is 0 Å². The van der Waals surface area contributed by atoms with Gasteiger partial charge in [-0.2, -0.15) is 0 Å². The van der Waals surface area contributed by atoms with Crippen molar-refractivity contribution in [1.82, 2.24) is 10.3 Å². The molecule has 1 fully saturated rings. The van der Waals surface area contributed by atoms with Crippen molar-refractivity contribution in [2.24, 2.45) is 5.84 Å². The van der Waals surface area contributed by atoms with Gasteiger partial charge in [0.25, 0.3) is 5.91 Å². The van der Waals surface area contributed by atoms with Gasteiger partial charge in [0.1, 0.15) is 0 Å². The predicted octanol–water partition coefficient (Wildman–Crippen LogP) is 1.65. The van der Waals surface area contributed by atoms with Crippen molar-refractivity contribution >= 4 is 17.2 Å². The monoisotopic (exact) mass is 253 g/mol. The molecular weight excluding hydrogens is 234 g/mol. The predicted molar refractivity (Wildman–Crippen MR) is 69.8 cm³/mol. The molecule has 1 aliphatic heterocycles. The number of amides is 1. The average molecular weight is 253 g/mol. The van der Waals surface area contributed by atoms with Crippen molar-refractivity contribution in [1.29, 1.82) is 0 Å². The Kier molecular flexibility index (Phi) is 4.15. The lowest BCUT2D eigenvalue weighted by molar-refractivity contribution is 0.0957. The van der Waals surface area contributed by atoms with Crippen LogP contribution in [0.4, 0.5) is 0 Å². The molecule has 0 aliphatic carbocycles. The second kappa shape index (κ2) is 5.62. The van der Waals surface area contributed by atoms with E-state index in [1.807, 2.05) is 6.07 Å². The lowest BCUT2D eigenvalue weighted by Gasteiger charge is -2.26. The number of carbonyl (C=O) groups is 1. The van der Waals surface area contributed by atoms with Crippen LogP contribution in [-0.4, -0.2) is 23.9 Å². The molecular formula is C12H19N3OS. The Labute approximate surface area is 106 Å². The topological polar surface area (TPSA) is 58.4 Å². The van der Waals surface area contributed by atoms with Gasteiger partial charge < -0.3 is 0 Å². The lowest BCUT2D eigenvalue weighted by atomic mass is 10.1. The Bertz CT molecular complexity index is 396. The van der Waals surface area contributed by atoms with E-state index in [1.165, 1.54) is 54.1 Å². The zero-order valence-electron chi connectivity index (χ0n) is 10.2. The van der Waals surface area contributed by atoms with Gasteiger partial charge in [0.15, 0.2) is 0 Å². The van der Waals surface area contributed by atoms with Gasteiger partial charge in [-0.25, -0.2) is 5.84 Å². The summed E-state index contributed by atoms with van der Waals surface area (Å²) in [4.78, 5) is 15.8. The number of hydrogen-bond acceptors (Lipinski definition) is 4. The summed E-state index contributed by atoms with van der Waals surface area (Å²) >= 11 is 1.52. The minimum absolute atomic E-state index is 0.192. The zero-order valence-corrected chi connectivity index (χ0v) is 11.0. The maximum atomic E-state index is 11.4. The molecule has 3 N–H and O–H groups in total. The summed E-state index contributed by atoms with van der Waals surface area (Å²) in [7, 11) is 0. The third kappa shape index (κ3) is 3.06. The van der Waals surface area contributed by atoms with Crippen LogP contribution < -0.4 is 11.3 Å². The number of carbonyl (C=O) groups excluding carboxylic acids is 1. The van der Waals surface area contributed by atoms with E-state index in [0.29, 0.717) is 4.88 Å². The fourth-order valence-corrected chi connectivity index (χ4v) is 3.16. The highest BCUT2D eigenvalue weighted by atomic mass is 32.1. The number of nitrogen functional groups attached to an aromatic ring is 1. The van der Waals surface area contributed by atoms with Crippen LogP contribution in [0.3, 0.4) is 0 Å². The minimum Gasteiger partial charge on any atom is -0.299 e. The number of aryl methyl sites for hydroxylation is 1. The Balaban J connectivity index is 2.04. The average Bonchev–Trinajstić information content (AvgIpc) is 2.71. The van der Waals surface area contributed by atoms with Gasteiger partial charge in [0, 0.05) is 11.4 Å². The molecule has 94 valence electrons. The highest BCUT2D eigenvalue weighted by Gasteiger charge is 2.15. The van der Waals surface area contributed by atoms with Crippen LogP contribution in [0.25, 0.3) is 0 Å². The lowest BCUT2D eigenvalue weighted by Crippen LogP contribution is -2.29. The molecule has 1 amide bonds. The molecule has 1 aromatic heterocycles. The zero-order chi connectivity index (χ0) is 12.3. The molecule has 0 atom stereocenters. The maximum Gasteiger partial charge on any atom is 0.275 e. The van der Waals surface area contributed by atoms with Crippen molar-refractivity contribution in [2.45, 2.75) is 32.7 Å². The van der Waals surface area contributed by atoms with Gasteiger partial charge in [-0.3, -0.25) is 15.1 Å². The first-order valence-electron chi connectivity index (χ1n) is 6.03. The van der Waals surface area contributed by atoms with E-state index in [-0.39, 0.29) is 5.91 Å². The first-order chi connectivity index (χ1) is 8.20. The van der Waals surface area contributed by atoms with E-state index in [4.69, 9.17) is 5.84 Å².